The van der Waals surface area contributed by atoms with E-state index in [4.69, 9.17) is 27.9 Å². The van der Waals surface area contributed by atoms with Crippen molar-refractivity contribution in [2.75, 3.05) is 13.2 Å². The molecule has 1 aliphatic rings. The maximum Gasteiger partial charge on any atom is 0.293 e. The molecule has 1 fully saturated rings. The van der Waals surface area contributed by atoms with Crippen molar-refractivity contribution < 1.29 is 19.4 Å². The first kappa shape index (κ1) is 23.8. The zero-order valence-corrected chi connectivity index (χ0v) is 19.8. The summed E-state index contributed by atoms with van der Waals surface area (Å²) in [5.74, 6) is 0.0697. The predicted octanol–water partition coefficient (Wildman–Crippen LogP) is 7.23. The van der Waals surface area contributed by atoms with Crippen molar-refractivity contribution in [3.63, 3.8) is 0 Å². The van der Waals surface area contributed by atoms with Gasteiger partial charge in [-0.1, -0.05) is 29.3 Å². The molecule has 2 amide bonds. The highest BCUT2D eigenvalue weighted by Gasteiger charge is 2.35. The minimum absolute atomic E-state index is 0.0559. The molecular formula is C24H17Cl2N3O4S. The van der Waals surface area contributed by atoms with Gasteiger partial charge < -0.3 is 9.84 Å². The third-order valence-electron chi connectivity index (χ3n) is 4.66. The van der Waals surface area contributed by atoms with Crippen LogP contribution in [0.25, 0.3) is 6.08 Å². The maximum atomic E-state index is 12.8. The Morgan fingerprint density at radius 2 is 1.68 bits per heavy atom. The number of halogens is 2. The number of nitrogens with zero attached hydrogens (tertiary/aromatic N) is 3. The Morgan fingerprint density at radius 1 is 0.941 bits per heavy atom. The number of aromatic hydroxyl groups is 1. The Labute approximate surface area is 209 Å². The van der Waals surface area contributed by atoms with E-state index in [9.17, 15) is 14.7 Å². The smallest absolute Gasteiger partial charge is 0.293 e. The Hall–Kier alpha value is -3.33. The van der Waals surface area contributed by atoms with Gasteiger partial charge >= 0.3 is 0 Å². The number of azo groups is 1. The largest absolute Gasteiger partial charge is 0.507 e. The second-order valence-electron chi connectivity index (χ2n) is 7.06. The summed E-state index contributed by atoms with van der Waals surface area (Å²) in [5, 5.41) is 19.2. The molecule has 172 valence electrons. The van der Waals surface area contributed by atoms with Gasteiger partial charge in [-0.15, -0.1) is 0 Å². The van der Waals surface area contributed by atoms with Gasteiger partial charge in [0.1, 0.15) is 18.1 Å². The van der Waals surface area contributed by atoms with Gasteiger partial charge in [-0.3, -0.25) is 14.5 Å². The molecule has 0 radical (unpaired) electrons. The minimum atomic E-state index is -0.458. The number of benzene rings is 3. The lowest BCUT2D eigenvalue weighted by molar-refractivity contribution is -0.123. The highest BCUT2D eigenvalue weighted by molar-refractivity contribution is 8.18. The summed E-state index contributed by atoms with van der Waals surface area (Å²) in [6.45, 7) is 0.224. The van der Waals surface area contributed by atoms with E-state index in [1.807, 2.05) is 0 Å². The number of amides is 2. The maximum absolute atomic E-state index is 12.8. The summed E-state index contributed by atoms with van der Waals surface area (Å²) in [6, 6.07) is 18.3. The summed E-state index contributed by atoms with van der Waals surface area (Å²) in [7, 11) is 0. The lowest BCUT2D eigenvalue weighted by atomic mass is 10.1. The number of phenols is 1. The predicted molar refractivity (Wildman–Crippen MR) is 133 cm³/mol. The van der Waals surface area contributed by atoms with Gasteiger partial charge in [0.25, 0.3) is 11.1 Å². The highest BCUT2D eigenvalue weighted by atomic mass is 35.5. The van der Waals surface area contributed by atoms with Crippen LogP contribution in [0.2, 0.25) is 10.0 Å². The van der Waals surface area contributed by atoms with Gasteiger partial charge in [0.05, 0.1) is 22.8 Å². The summed E-state index contributed by atoms with van der Waals surface area (Å²) in [4.78, 5) is 26.4. The molecule has 0 aliphatic carbocycles. The summed E-state index contributed by atoms with van der Waals surface area (Å²) in [5.41, 5.74) is 1.37. The van der Waals surface area contributed by atoms with Crippen LogP contribution in [0.5, 0.6) is 11.5 Å². The summed E-state index contributed by atoms with van der Waals surface area (Å²) in [6.07, 6.45) is 1.46. The van der Waals surface area contributed by atoms with E-state index < -0.39 is 11.1 Å². The quantitative estimate of drug-likeness (QED) is 0.265. The molecule has 3 aromatic rings. The number of thioether (sulfide) groups is 1. The number of rotatable bonds is 7. The fourth-order valence-electron chi connectivity index (χ4n) is 2.99. The first-order valence-electron chi connectivity index (χ1n) is 10.0. The molecule has 1 saturated heterocycles. The van der Waals surface area contributed by atoms with E-state index in [0.29, 0.717) is 32.7 Å². The van der Waals surface area contributed by atoms with E-state index in [1.165, 1.54) is 12.1 Å². The number of phenolic OH excluding ortho intramolecular Hbond substituents is 1. The Morgan fingerprint density at radius 3 is 2.41 bits per heavy atom. The molecule has 1 aliphatic heterocycles. The van der Waals surface area contributed by atoms with Crippen LogP contribution in [0.1, 0.15) is 5.56 Å². The number of ether oxygens (including phenoxy) is 1. The first-order chi connectivity index (χ1) is 16.4. The van der Waals surface area contributed by atoms with Crippen LogP contribution in [0.15, 0.2) is 81.9 Å². The molecule has 3 aromatic carbocycles. The number of hydrogen-bond donors (Lipinski definition) is 1. The number of imide groups is 1. The van der Waals surface area contributed by atoms with Crippen molar-refractivity contribution in [2.24, 2.45) is 10.2 Å². The molecular weight excluding hydrogens is 497 g/mol. The average Bonchev–Trinajstić information content (AvgIpc) is 3.08. The SMILES string of the molecule is O=C1S/C(=C\c2cc(N=Nc3cccc(Cl)c3)ccc2O)C(=O)N1CCOc1ccc(Cl)cc1. The van der Waals surface area contributed by atoms with Gasteiger partial charge in [0, 0.05) is 15.6 Å². The van der Waals surface area contributed by atoms with E-state index in [1.54, 1.807) is 60.7 Å². The van der Waals surface area contributed by atoms with E-state index in [0.717, 1.165) is 16.7 Å². The van der Waals surface area contributed by atoms with Crippen molar-refractivity contribution in [1.82, 2.24) is 4.90 Å². The standard InChI is InChI=1S/C24H17Cl2N3O4S/c25-16-4-7-20(8-5-16)33-11-10-29-23(31)22(34-24(29)32)13-15-12-19(6-9-21(15)30)28-27-18-3-1-2-17(26)14-18/h1-9,12-14,30H,10-11H2/b22-13-,28-27?. The Balaban J connectivity index is 1.44. The Kier molecular flexibility index (Phi) is 7.52. The molecule has 4 rings (SSSR count). The molecule has 0 atom stereocenters. The summed E-state index contributed by atoms with van der Waals surface area (Å²) < 4.78 is 5.57. The molecule has 10 heteroatoms. The molecule has 7 nitrogen and oxygen atoms in total. The van der Waals surface area contributed by atoms with E-state index in [2.05, 4.69) is 10.2 Å². The molecule has 0 bridgehead atoms. The van der Waals surface area contributed by atoms with E-state index in [-0.39, 0.29) is 23.8 Å². The lowest BCUT2D eigenvalue weighted by Crippen LogP contribution is -2.32. The van der Waals surface area contributed by atoms with Crippen molar-refractivity contribution >= 4 is 63.6 Å². The molecule has 0 saturated carbocycles. The van der Waals surface area contributed by atoms with Crippen molar-refractivity contribution in [1.29, 1.82) is 0 Å². The topological polar surface area (TPSA) is 91.6 Å². The fourth-order valence-corrected chi connectivity index (χ4v) is 4.16. The van der Waals surface area contributed by atoms with Crippen LogP contribution in [-0.2, 0) is 4.79 Å². The molecule has 34 heavy (non-hydrogen) atoms. The van der Waals surface area contributed by atoms with Crippen molar-refractivity contribution in [3.8, 4) is 11.5 Å². The second kappa shape index (κ2) is 10.7. The van der Waals surface area contributed by atoms with E-state index >= 15 is 0 Å². The van der Waals surface area contributed by atoms with Gasteiger partial charge in [-0.05, 0) is 78.5 Å². The van der Waals surface area contributed by atoms with Crippen LogP contribution in [0.4, 0.5) is 16.2 Å². The van der Waals surface area contributed by atoms with Gasteiger partial charge in [0.15, 0.2) is 0 Å². The van der Waals surface area contributed by atoms with Crippen LogP contribution in [0.3, 0.4) is 0 Å². The number of hydrogen-bond acceptors (Lipinski definition) is 7. The van der Waals surface area contributed by atoms with Crippen molar-refractivity contribution in [3.05, 3.63) is 87.2 Å². The van der Waals surface area contributed by atoms with Crippen molar-refractivity contribution in [2.45, 2.75) is 0 Å². The summed E-state index contributed by atoms with van der Waals surface area (Å²) >= 11 is 12.6. The number of carbonyl (C=O) groups is 2. The third kappa shape index (κ3) is 5.96. The van der Waals surface area contributed by atoms with Crippen LogP contribution < -0.4 is 4.74 Å². The van der Waals surface area contributed by atoms with Crippen LogP contribution in [0, 0.1) is 0 Å². The fraction of sp³-hybridized carbons (Fsp3) is 0.0833. The molecule has 0 spiro atoms. The van der Waals surface area contributed by atoms with Gasteiger partial charge in [-0.2, -0.15) is 10.2 Å². The molecule has 0 aromatic heterocycles. The van der Waals surface area contributed by atoms with Crippen LogP contribution >= 0.6 is 35.0 Å². The number of carbonyl (C=O) groups excluding carboxylic acids is 2. The zero-order valence-electron chi connectivity index (χ0n) is 17.5. The molecule has 1 heterocycles. The minimum Gasteiger partial charge on any atom is -0.507 e. The Bertz CT molecular complexity index is 1300. The average molecular weight is 514 g/mol. The monoisotopic (exact) mass is 513 g/mol. The lowest BCUT2D eigenvalue weighted by Gasteiger charge is -2.13. The second-order valence-corrected chi connectivity index (χ2v) is 8.92. The molecule has 0 unspecified atom stereocenters. The molecule has 1 N–H and O–H groups in total. The van der Waals surface area contributed by atoms with Gasteiger partial charge in [-0.25, -0.2) is 0 Å². The normalized spacial score (nSPS) is 15.0. The van der Waals surface area contributed by atoms with Crippen LogP contribution in [-0.4, -0.2) is 34.3 Å². The highest BCUT2D eigenvalue weighted by Crippen LogP contribution is 2.35. The third-order valence-corrected chi connectivity index (χ3v) is 6.05. The zero-order chi connectivity index (χ0) is 24.1. The van der Waals surface area contributed by atoms with Gasteiger partial charge in [0.2, 0.25) is 0 Å². The first-order valence-corrected chi connectivity index (χ1v) is 11.6.